The summed E-state index contributed by atoms with van der Waals surface area (Å²) in [4.78, 5) is 35.1. The molecule has 8 heteroatoms. The Morgan fingerprint density at radius 3 is 2.15 bits per heavy atom. The summed E-state index contributed by atoms with van der Waals surface area (Å²) in [5, 5.41) is 5.34. The van der Waals surface area contributed by atoms with Crippen LogP contribution in [0, 0.1) is 0 Å². The molecule has 0 aliphatic heterocycles. The minimum Gasteiger partial charge on any atom is -0.417 e. The van der Waals surface area contributed by atoms with E-state index in [-0.39, 0.29) is 10.9 Å². The largest absolute Gasteiger partial charge is 0.417 e. The second-order valence-corrected chi connectivity index (χ2v) is 12.9. The summed E-state index contributed by atoms with van der Waals surface area (Å²) in [6, 6.07) is 5.58. The maximum atomic E-state index is 12.4. The minimum atomic E-state index is -1.93. The van der Waals surface area contributed by atoms with Crippen molar-refractivity contribution in [1.82, 2.24) is 5.32 Å². The number of rotatable bonds is 8. The Kier molecular flexibility index (Phi) is 7.73. The molecule has 0 heterocycles. The molecule has 0 aliphatic rings. The van der Waals surface area contributed by atoms with E-state index in [1.54, 1.807) is 24.3 Å². The van der Waals surface area contributed by atoms with Crippen LogP contribution in [0.3, 0.4) is 0 Å². The van der Waals surface area contributed by atoms with E-state index < -0.39 is 26.2 Å². The Morgan fingerprint density at radius 2 is 1.70 bits per heavy atom. The van der Waals surface area contributed by atoms with Gasteiger partial charge in [-0.15, -0.1) is 0 Å². The lowest BCUT2D eigenvalue weighted by molar-refractivity contribution is -0.120. The Morgan fingerprint density at radius 1 is 1.15 bits per heavy atom. The fourth-order valence-electron chi connectivity index (χ4n) is 2.08. The molecule has 0 bridgehead atoms. The van der Waals surface area contributed by atoms with E-state index in [0.29, 0.717) is 24.3 Å². The molecule has 0 saturated carbocycles. The fraction of sp³-hybridized carbons (Fsp3) is 0.526. The highest BCUT2D eigenvalue weighted by Gasteiger charge is 2.37. The molecule has 0 radical (unpaired) electrons. The first-order chi connectivity index (χ1) is 12.3. The lowest BCUT2D eigenvalue weighted by Crippen LogP contribution is -2.47. The zero-order valence-corrected chi connectivity index (χ0v) is 18.0. The van der Waals surface area contributed by atoms with Gasteiger partial charge in [-0.25, -0.2) is 0 Å². The summed E-state index contributed by atoms with van der Waals surface area (Å²) in [6.45, 7) is 12.4. The van der Waals surface area contributed by atoms with Crippen LogP contribution >= 0.6 is 0 Å². The normalized spacial score (nSPS) is 13.0. The topological polar surface area (TPSA) is 111 Å². The van der Waals surface area contributed by atoms with Gasteiger partial charge in [-0.3, -0.25) is 14.4 Å². The maximum absolute atomic E-state index is 12.4. The van der Waals surface area contributed by atoms with Crippen molar-refractivity contribution >= 4 is 31.7 Å². The van der Waals surface area contributed by atoms with Crippen LogP contribution in [0.15, 0.2) is 24.3 Å². The first-order valence-electron chi connectivity index (χ1n) is 8.95. The molecule has 1 atom stereocenters. The van der Waals surface area contributed by atoms with Crippen LogP contribution < -0.4 is 16.4 Å². The maximum Gasteiger partial charge on any atom is 0.251 e. The molecule has 0 spiro atoms. The molecule has 0 unspecified atom stereocenters. The Balaban J connectivity index is 2.67. The molecule has 0 aliphatic carbocycles. The van der Waals surface area contributed by atoms with Gasteiger partial charge in [0.25, 0.3) is 5.91 Å². The molecule has 3 amide bonds. The van der Waals surface area contributed by atoms with Gasteiger partial charge in [-0.05, 0) is 48.8 Å². The standard InChI is InChI=1S/C19H31N3O4Si/c1-13(23)21-15-9-7-14(8-10-15)18(25)22-16(17(20)24)11-12-26-27(5,6)19(2,3)4/h7-10,16H,11-12H2,1-6H3,(H2,20,24)(H,21,23)(H,22,25)/t16-/m1/s1. The molecular weight excluding hydrogens is 362 g/mol. The monoisotopic (exact) mass is 393 g/mol. The number of hydrogen-bond acceptors (Lipinski definition) is 4. The van der Waals surface area contributed by atoms with Crippen molar-refractivity contribution in [3.8, 4) is 0 Å². The van der Waals surface area contributed by atoms with Crippen LogP contribution in [0.1, 0.15) is 44.5 Å². The van der Waals surface area contributed by atoms with Gasteiger partial charge in [-0.2, -0.15) is 0 Å². The summed E-state index contributed by atoms with van der Waals surface area (Å²) < 4.78 is 6.05. The Labute approximate surface area is 162 Å². The van der Waals surface area contributed by atoms with E-state index in [9.17, 15) is 14.4 Å². The first-order valence-corrected chi connectivity index (χ1v) is 11.9. The van der Waals surface area contributed by atoms with E-state index in [1.807, 2.05) is 0 Å². The number of primary amides is 1. The van der Waals surface area contributed by atoms with Gasteiger partial charge in [0.05, 0.1) is 0 Å². The third kappa shape index (κ3) is 7.14. The third-order valence-corrected chi connectivity index (χ3v) is 9.33. The van der Waals surface area contributed by atoms with Gasteiger partial charge in [0, 0.05) is 24.8 Å². The summed E-state index contributed by atoms with van der Waals surface area (Å²) in [5.74, 6) is -1.19. The average molecular weight is 394 g/mol. The smallest absolute Gasteiger partial charge is 0.251 e. The molecule has 1 rings (SSSR count). The van der Waals surface area contributed by atoms with Crippen molar-refractivity contribution < 1.29 is 18.8 Å². The van der Waals surface area contributed by atoms with Crippen LogP contribution in [0.4, 0.5) is 5.69 Å². The van der Waals surface area contributed by atoms with Crippen molar-refractivity contribution in [3.63, 3.8) is 0 Å². The second kappa shape index (κ2) is 9.14. The average Bonchev–Trinajstić information content (AvgIpc) is 2.52. The van der Waals surface area contributed by atoms with E-state index in [0.717, 1.165) is 0 Å². The highest BCUT2D eigenvalue weighted by Crippen LogP contribution is 2.36. The van der Waals surface area contributed by atoms with Crippen molar-refractivity contribution in [3.05, 3.63) is 29.8 Å². The van der Waals surface area contributed by atoms with Crippen LogP contribution in [-0.4, -0.2) is 38.7 Å². The first kappa shape index (κ1) is 22.8. The summed E-state index contributed by atoms with van der Waals surface area (Å²) in [7, 11) is -1.93. The number of anilines is 1. The molecule has 0 fully saturated rings. The van der Waals surface area contributed by atoms with Crippen LogP contribution in [0.5, 0.6) is 0 Å². The highest BCUT2D eigenvalue weighted by molar-refractivity contribution is 6.74. The Hall–Kier alpha value is -2.19. The molecule has 0 aromatic heterocycles. The molecule has 0 saturated heterocycles. The number of carbonyl (C=O) groups is 3. The van der Waals surface area contributed by atoms with Crippen molar-refractivity contribution in [1.29, 1.82) is 0 Å². The van der Waals surface area contributed by atoms with Crippen molar-refractivity contribution in [2.45, 2.75) is 58.3 Å². The van der Waals surface area contributed by atoms with E-state index in [2.05, 4.69) is 44.5 Å². The van der Waals surface area contributed by atoms with E-state index in [4.69, 9.17) is 10.2 Å². The van der Waals surface area contributed by atoms with Crippen LogP contribution in [0.25, 0.3) is 0 Å². The van der Waals surface area contributed by atoms with Gasteiger partial charge in [0.15, 0.2) is 8.32 Å². The summed E-state index contributed by atoms with van der Waals surface area (Å²) >= 11 is 0. The van der Waals surface area contributed by atoms with E-state index in [1.165, 1.54) is 6.92 Å². The number of nitrogens with two attached hydrogens (primary N) is 1. The van der Waals surface area contributed by atoms with Gasteiger partial charge in [0.1, 0.15) is 6.04 Å². The van der Waals surface area contributed by atoms with Gasteiger partial charge >= 0.3 is 0 Å². The van der Waals surface area contributed by atoms with Crippen molar-refractivity contribution in [2.24, 2.45) is 5.73 Å². The lowest BCUT2D eigenvalue weighted by Gasteiger charge is -2.36. The molecule has 7 nitrogen and oxygen atoms in total. The van der Waals surface area contributed by atoms with Crippen molar-refractivity contribution in [2.75, 3.05) is 11.9 Å². The number of hydrogen-bond donors (Lipinski definition) is 3. The van der Waals surface area contributed by atoms with Gasteiger partial charge in [-0.1, -0.05) is 20.8 Å². The van der Waals surface area contributed by atoms with Crippen LogP contribution in [0.2, 0.25) is 18.1 Å². The predicted octanol–water partition coefficient (Wildman–Crippen LogP) is 2.64. The van der Waals surface area contributed by atoms with E-state index >= 15 is 0 Å². The number of benzene rings is 1. The SMILES string of the molecule is CC(=O)Nc1ccc(C(=O)N[C@H](CCO[Si](C)(C)C(C)(C)C)C(N)=O)cc1. The quantitative estimate of drug-likeness (QED) is 0.590. The molecular formula is C19H31N3O4Si. The summed E-state index contributed by atoms with van der Waals surface area (Å²) in [6.07, 6.45) is 0.317. The molecule has 150 valence electrons. The molecule has 4 N–H and O–H groups in total. The second-order valence-electron chi connectivity index (χ2n) is 8.08. The zero-order chi connectivity index (χ0) is 20.8. The minimum absolute atomic E-state index is 0.0636. The fourth-order valence-corrected chi connectivity index (χ4v) is 3.14. The predicted molar refractivity (Wildman–Crippen MR) is 109 cm³/mol. The summed E-state index contributed by atoms with van der Waals surface area (Å²) in [5.41, 5.74) is 6.40. The molecule has 1 aromatic carbocycles. The molecule has 1 aromatic rings. The lowest BCUT2D eigenvalue weighted by atomic mass is 10.1. The third-order valence-electron chi connectivity index (χ3n) is 4.79. The number of carbonyl (C=O) groups excluding carboxylic acids is 3. The zero-order valence-electron chi connectivity index (χ0n) is 17.0. The Bertz CT molecular complexity index is 681. The van der Waals surface area contributed by atoms with Gasteiger partial charge in [0.2, 0.25) is 11.8 Å². The van der Waals surface area contributed by atoms with Crippen LogP contribution in [-0.2, 0) is 14.0 Å². The van der Waals surface area contributed by atoms with Gasteiger partial charge < -0.3 is 20.8 Å². The molecule has 27 heavy (non-hydrogen) atoms. The number of nitrogens with one attached hydrogen (secondary N) is 2. The number of amides is 3. The highest BCUT2D eigenvalue weighted by atomic mass is 28.4.